The molecule has 0 spiro atoms. The second kappa shape index (κ2) is 4.16. The lowest BCUT2D eigenvalue weighted by Gasteiger charge is -1.95. The number of hydrogen-bond acceptors (Lipinski definition) is 1. The van der Waals surface area contributed by atoms with Gasteiger partial charge in [-0.2, -0.15) is 0 Å². The Morgan fingerprint density at radius 1 is 1.42 bits per heavy atom. The Kier molecular flexibility index (Phi) is 3.17. The lowest BCUT2D eigenvalue weighted by atomic mass is 10.2. The van der Waals surface area contributed by atoms with Gasteiger partial charge in [-0.15, -0.1) is 0 Å². The molecular formula is C9H6BrFO. The first-order chi connectivity index (χ1) is 5.74. The summed E-state index contributed by atoms with van der Waals surface area (Å²) in [6, 6.07) is 4.55. The second-order valence-electron chi connectivity index (χ2n) is 2.17. The first kappa shape index (κ1) is 9.13. The molecule has 12 heavy (non-hydrogen) atoms. The predicted octanol–water partition coefficient (Wildman–Crippen LogP) is 2.80. The predicted molar refractivity (Wildman–Crippen MR) is 49.2 cm³/mol. The van der Waals surface area contributed by atoms with Crippen LogP contribution >= 0.6 is 15.9 Å². The van der Waals surface area contributed by atoms with Crippen LogP contribution in [0.3, 0.4) is 0 Å². The zero-order valence-corrected chi connectivity index (χ0v) is 7.71. The lowest BCUT2D eigenvalue weighted by molar-refractivity contribution is -0.104. The molecule has 0 saturated carbocycles. The van der Waals surface area contributed by atoms with Crippen LogP contribution < -0.4 is 0 Å². The molecule has 0 radical (unpaired) electrons. The van der Waals surface area contributed by atoms with E-state index in [0.717, 1.165) is 5.56 Å². The third kappa shape index (κ3) is 2.27. The largest absolute Gasteiger partial charge is 0.299 e. The van der Waals surface area contributed by atoms with Gasteiger partial charge in [-0.3, -0.25) is 4.79 Å². The van der Waals surface area contributed by atoms with Gasteiger partial charge in [-0.1, -0.05) is 12.1 Å². The van der Waals surface area contributed by atoms with Crippen LogP contribution in [-0.2, 0) is 4.79 Å². The molecule has 0 aliphatic rings. The molecule has 0 fully saturated rings. The van der Waals surface area contributed by atoms with Crippen molar-refractivity contribution in [2.75, 3.05) is 0 Å². The molecule has 1 aromatic rings. The topological polar surface area (TPSA) is 17.1 Å². The van der Waals surface area contributed by atoms with E-state index < -0.39 is 0 Å². The van der Waals surface area contributed by atoms with Crippen LogP contribution in [0.1, 0.15) is 5.56 Å². The summed E-state index contributed by atoms with van der Waals surface area (Å²) < 4.78 is 13.1. The first-order valence-corrected chi connectivity index (χ1v) is 4.10. The molecule has 62 valence electrons. The summed E-state index contributed by atoms with van der Waals surface area (Å²) in [4.78, 5) is 9.96. The summed E-state index contributed by atoms with van der Waals surface area (Å²) in [6.45, 7) is 0. The Morgan fingerprint density at radius 2 is 2.17 bits per heavy atom. The molecule has 1 aromatic carbocycles. The summed E-state index contributed by atoms with van der Waals surface area (Å²) >= 11 is 3.04. The smallest absolute Gasteiger partial charge is 0.142 e. The number of carbonyl (C=O) groups is 1. The van der Waals surface area contributed by atoms with Gasteiger partial charge in [0.25, 0.3) is 0 Å². The third-order valence-corrected chi connectivity index (χ3v) is 1.92. The Bertz CT molecular complexity index is 320. The van der Waals surface area contributed by atoms with Crippen molar-refractivity contribution in [3.05, 3.63) is 40.1 Å². The summed E-state index contributed by atoms with van der Waals surface area (Å²) in [7, 11) is 0. The molecule has 0 heterocycles. The number of allylic oxidation sites excluding steroid dienone is 1. The molecule has 0 bridgehead atoms. The van der Waals surface area contributed by atoms with Gasteiger partial charge in [0.15, 0.2) is 0 Å². The molecule has 0 unspecified atom stereocenters. The number of aldehydes is 1. The summed E-state index contributed by atoms with van der Waals surface area (Å²) in [5, 5.41) is 0. The van der Waals surface area contributed by atoms with Crippen molar-refractivity contribution >= 4 is 28.3 Å². The van der Waals surface area contributed by atoms with E-state index in [0.29, 0.717) is 10.8 Å². The van der Waals surface area contributed by atoms with Gasteiger partial charge in [0.1, 0.15) is 12.1 Å². The average molecular weight is 229 g/mol. The highest BCUT2D eigenvalue weighted by molar-refractivity contribution is 9.10. The third-order valence-electron chi connectivity index (χ3n) is 1.31. The normalized spacial score (nSPS) is 10.5. The Labute approximate surface area is 78.0 Å². The maximum atomic E-state index is 12.7. The highest BCUT2D eigenvalue weighted by Crippen LogP contribution is 2.17. The van der Waals surface area contributed by atoms with Crippen molar-refractivity contribution in [3.8, 4) is 0 Å². The standard InChI is InChI=1S/C9H6BrFO/c10-8-6-7(2-1-5-12)3-4-9(8)11/h1-6H. The highest BCUT2D eigenvalue weighted by Gasteiger charge is 1.96. The second-order valence-corrected chi connectivity index (χ2v) is 3.02. The average Bonchev–Trinajstić information content (AvgIpc) is 2.07. The molecule has 1 nitrogen and oxygen atoms in total. The number of hydrogen-bond donors (Lipinski definition) is 0. The van der Waals surface area contributed by atoms with E-state index in [1.54, 1.807) is 18.2 Å². The summed E-state index contributed by atoms with van der Waals surface area (Å²) in [6.07, 6.45) is 3.65. The van der Waals surface area contributed by atoms with Crippen LogP contribution in [-0.4, -0.2) is 6.29 Å². The fraction of sp³-hybridized carbons (Fsp3) is 0. The van der Waals surface area contributed by atoms with Crippen LogP contribution in [0.2, 0.25) is 0 Å². The molecule has 0 aliphatic heterocycles. The number of carbonyl (C=O) groups excluding carboxylic acids is 1. The van der Waals surface area contributed by atoms with Crippen LogP contribution in [0.25, 0.3) is 6.08 Å². The van der Waals surface area contributed by atoms with Crippen molar-refractivity contribution in [1.29, 1.82) is 0 Å². The quantitative estimate of drug-likeness (QED) is 0.562. The van der Waals surface area contributed by atoms with E-state index in [1.165, 1.54) is 12.1 Å². The number of rotatable bonds is 2. The zero-order chi connectivity index (χ0) is 8.97. The van der Waals surface area contributed by atoms with Crippen molar-refractivity contribution < 1.29 is 9.18 Å². The Balaban J connectivity index is 2.96. The van der Waals surface area contributed by atoms with E-state index in [2.05, 4.69) is 15.9 Å². The van der Waals surface area contributed by atoms with Gasteiger partial charge in [0.2, 0.25) is 0 Å². The summed E-state index contributed by atoms with van der Waals surface area (Å²) in [5.41, 5.74) is 0.787. The fourth-order valence-corrected chi connectivity index (χ4v) is 1.16. The SMILES string of the molecule is O=CC=Cc1ccc(F)c(Br)c1. The summed E-state index contributed by atoms with van der Waals surface area (Å²) in [5.74, 6) is -0.307. The van der Waals surface area contributed by atoms with Gasteiger partial charge in [-0.05, 0) is 39.7 Å². The van der Waals surface area contributed by atoms with Crippen LogP contribution in [0.15, 0.2) is 28.7 Å². The van der Waals surface area contributed by atoms with Crippen LogP contribution in [0.5, 0.6) is 0 Å². The molecular weight excluding hydrogens is 223 g/mol. The maximum Gasteiger partial charge on any atom is 0.142 e. The first-order valence-electron chi connectivity index (χ1n) is 3.31. The minimum Gasteiger partial charge on any atom is -0.299 e. The van der Waals surface area contributed by atoms with Crippen molar-refractivity contribution in [1.82, 2.24) is 0 Å². The minimum atomic E-state index is -0.307. The van der Waals surface area contributed by atoms with Gasteiger partial charge in [0, 0.05) is 0 Å². The fourth-order valence-electron chi connectivity index (χ4n) is 0.766. The zero-order valence-electron chi connectivity index (χ0n) is 6.13. The van der Waals surface area contributed by atoms with E-state index in [9.17, 15) is 9.18 Å². The maximum absolute atomic E-state index is 12.7. The number of halogens is 2. The molecule has 0 aliphatic carbocycles. The monoisotopic (exact) mass is 228 g/mol. The molecule has 0 aromatic heterocycles. The number of benzene rings is 1. The molecule has 0 amide bonds. The molecule has 0 saturated heterocycles. The highest BCUT2D eigenvalue weighted by atomic mass is 79.9. The minimum absolute atomic E-state index is 0.307. The lowest BCUT2D eigenvalue weighted by Crippen LogP contribution is -1.78. The van der Waals surface area contributed by atoms with Gasteiger partial charge in [0.05, 0.1) is 4.47 Å². The van der Waals surface area contributed by atoms with Gasteiger partial charge < -0.3 is 0 Å². The Morgan fingerprint density at radius 3 is 2.75 bits per heavy atom. The van der Waals surface area contributed by atoms with Crippen molar-refractivity contribution in [2.24, 2.45) is 0 Å². The van der Waals surface area contributed by atoms with Crippen LogP contribution in [0.4, 0.5) is 4.39 Å². The van der Waals surface area contributed by atoms with Crippen LogP contribution in [0, 0.1) is 5.82 Å². The van der Waals surface area contributed by atoms with E-state index >= 15 is 0 Å². The molecule has 0 atom stereocenters. The van der Waals surface area contributed by atoms with E-state index in [1.807, 2.05) is 0 Å². The van der Waals surface area contributed by atoms with Crippen molar-refractivity contribution in [2.45, 2.75) is 0 Å². The van der Waals surface area contributed by atoms with E-state index in [4.69, 9.17) is 0 Å². The van der Waals surface area contributed by atoms with Gasteiger partial charge >= 0.3 is 0 Å². The van der Waals surface area contributed by atoms with Gasteiger partial charge in [-0.25, -0.2) is 4.39 Å². The van der Waals surface area contributed by atoms with Crippen molar-refractivity contribution in [3.63, 3.8) is 0 Å². The molecule has 1 rings (SSSR count). The molecule has 0 N–H and O–H groups in total. The Hall–Kier alpha value is -0.960. The van der Waals surface area contributed by atoms with E-state index in [-0.39, 0.29) is 5.82 Å². The molecule has 3 heteroatoms.